The van der Waals surface area contributed by atoms with Gasteiger partial charge in [-0.05, 0) is 36.8 Å². The largest absolute Gasteiger partial charge is 0.334 e. The van der Waals surface area contributed by atoms with E-state index in [1.165, 1.54) is 48.8 Å². The average Bonchev–Trinajstić information content (AvgIpc) is 2.70. The fourth-order valence-electron chi connectivity index (χ4n) is 2.93. The first-order chi connectivity index (χ1) is 13.1. The van der Waals surface area contributed by atoms with E-state index in [1.54, 1.807) is 6.92 Å². The summed E-state index contributed by atoms with van der Waals surface area (Å²) in [6, 6.07) is 5.70. The molecule has 0 aliphatic heterocycles. The molecular weight excluding hydrogens is 370 g/mol. The Kier molecular flexibility index (Phi) is 4.84. The lowest BCUT2D eigenvalue weighted by molar-refractivity contribution is 0.0736. The molecule has 0 N–H and O–H groups in total. The van der Waals surface area contributed by atoms with Gasteiger partial charge in [-0.15, -0.1) is 0 Å². The first-order valence-electron chi connectivity index (χ1n) is 8.42. The van der Waals surface area contributed by atoms with Gasteiger partial charge >= 0.3 is 5.69 Å². The van der Waals surface area contributed by atoms with Crippen LogP contribution in [0.5, 0.6) is 0 Å². The number of rotatable bonds is 3. The Balaban J connectivity index is 2.01. The highest BCUT2D eigenvalue weighted by Crippen LogP contribution is 2.22. The van der Waals surface area contributed by atoms with Crippen LogP contribution in [0.4, 0.5) is 8.78 Å². The van der Waals surface area contributed by atoms with Crippen LogP contribution in [0.25, 0.3) is 11.0 Å². The number of halogens is 2. The smallest absolute Gasteiger partial charge is 0.332 e. The Bertz CT molecular complexity index is 1220. The Labute approximate surface area is 158 Å². The number of hydrogen-bond acceptors (Lipinski definition) is 4. The second-order valence-electron chi connectivity index (χ2n) is 6.54. The lowest BCUT2D eigenvalue weighted by Crippen LogP contribution is -2.37. The van der Waals surface area contributed by atoms with Gasteiger partial charge in [0.05, 0.1) is 11.4 Å². The third-order valence-corrected chi connectivity index (χ3v) is 4.85. The van der Waals surface area contributed by atoms with Gasteiger partial charge in [0.15, 0.2) is 11.6 Å². The third-order valence-electron chi connectivity index (χ3n) is 4.85. The van der Waals surface area contributed by atoms with E-state index in [1.807, 2.05) is 0 Å². The number of carbonyl (C=O) groups excluding carboxylic acids is 1. The van der Waals surface area contributed by atoms with Crippen LogP contribution in [-0.4, -0.2) is 32.0 Å². The summed E-state index contributed by atoms with van der Waals surface area (Å²) in [5.74, 6) is -2.46. The maximum Gasteiger partial charge on any atom is 0.332 e. The van der Waals surface area contributed by atoms with Gasteiger partial charge in [-0.1, -0.05) is 6.07 Å². The first kappa shape index (κ1) is 19.4. The summed E-state index contributed by atoms with van der Waals surface area (Å²) in [6.07, 6.45) is 0. The van der Waals surface area contributed by atoms with Crippen LogP contribution in [0.15, 0.2) is 39.9 Å². The normalized spacial score (nSPS) is 12.2. The van der Waals surface area contributed by atoms with Crippen molar-refractivity contribution in [1.29, 1.82) is 0 Å². The van der Waals surface area contributed by atoms with E-state index in [0.29, 0.717) is 5.56 Å². The summed E-state index contributed by atoms with van der Waals surface area (Å²) < 4.78 is 28.8. The van der Waals surface area contributed by atoms with Crippen molar-refractivity contribution in [2.75, 3.05) is 7.05 Å². The van der Waals surface area contributed by atoms with Crippen molar-refractivity contribution in [3.05, 3.63) is 74.1 Å². The highest BCUT2D eigenvalue weighted by Gasteiger charge is 2.22. The van der Waals surface area contributed by atoms with Gasteiger partial charge in [0, 0.05) is 21.1 Å². The van der Waals surface area contributed by atoms with Crippen molar-refractivity contribution < 1.29 is 13.6 Å². The summed E-state index contributed by atoms with van der Waals surface area (Å²) >= 11 is 0. The van der Waals surface area contributed by atoms with E-state index in [-0.39, 0.29) is 16.7 Å². The zero-order chi connectivity index (χ0) is 20.7. The number of amides is 1. The maximum atomic E-state index is 13.5. The van der Waals surface area contributed by atoms with Crippen LogP contribution < -0.4 is 11.2 Å². The van der Waals surface area contributed by atoms with Crippen LogP contribution in [0.1, 0.15) is 29.0 Å². The molecular formula is C19H18F2N4O3. The van der Waals surface area contributed by atoms with Gasteiger partial charge in [0.2, 0.25) is 0 Å². The Morgan fingerprint density at radius 1 is 1.07 bits per heavy atom. The number of pyridine rings is 1. The molecule has 3 aromatic rings. The monoisotopic (exact) mass is 388 g/mol. The van der Waals surface area contributed by atoms with Gasteiger partial charge < -0.3 is 4.90 Å². The molecule has 1 atom stereocenters. The van der Waals surface area contributed by atoms with Gasteiger partial charge in [0.25, 0.3) is 11.5 Å². The van der Waals surface area contributed by atoms with E-state index < -0.39 is 34.8 Å². The Morgan fingerprint density at radius 2 is 1.75 bits per heavy atom. The van der Waals surface area contributed by atoms with Crippen molar-refractivity contribution >= 4 is 16.9 Å². The van der Waals surface area contributed by atoms with E-state index in [9.17, 15) is 23.2 Å². The molecule has 1 unspecified atom stereocenters. The van der Waals surface area contributed by atoms with Crippen molar-refractivity contribution in [1.82, 2.24) is 19.0 Å². The molecule has 28 heavy (non-hydrogen) atoms. The van der Waals surface area contributed by atoms with Crippen LogP contribution in [0, 0.1) is 11.6 Å². The number of aromatic nitrogens is 3. The molecule has 0 saturated heterocycles. The van der Waals surface area contributed by atoms with Gasteiger partial charge in [-0.2, -0.15) is 0 Å². The zero-order valence-corrected chi connectivity index (χ0v) is 15.7. The summed E-state index contributed by atoms with van der Waals surface area (Å²) in [6.45, 7) is 1.66. The molecule has 0 spiro atoms. The predicted octanol–water partition coefficient (Wildman–Crippen LogP) is 1.74. The van der Waals surface area contributed by atoms with Crippen LogP contribution in [0.3, 0.4) is 0 Å². The molecule has 0 aliphatic carbocycles. The lowest BCUT2D eigenvalue weighted by atomic mass is 10.1. The molecule has 0 fully saturated rings. The van der Waals surface area contributed by atoms with Gasteiger partial charge in [-0.3, -0.25) is 18.7 Å². The number of aryl methyl sites for hydroxylation is 1. The number of benzene rings is 1. The average molecular weight is 388 g/mol. The second-order valence-corrected chi connectivity index (χ2v) is 6.54. The fourth-order valence-corrected chi connectivity index (χ4v) is 2.93. The van der Waals surface area contributed by atoms with Crippen molar-refractivity contribution in [2.45, 2.75) is 13.0 Å². The maximum absolute atomic E-state index is 13.5. The van der Waals surface area contributed by atoms with Crippen molar-refractivity contribution in [3.8, 4) is 0 Å². The summed E-state index contributed by atoms with van der Waals surface area (Å²) in [5.41, 5.74) is -0.538. The molecule has 2 aromatic heterocycles. The van der Waals surface area contributed by atoms with E-state index in [4.69, 9.17) is 0 Å². The molecule has 3 rings (SSSR count). The van der Waals surface area contributed by atoms with E-state index >= 15 is 0 Å². The van der Waals surface area contributed by atoms with Gasteiger partial charge in [0.1, 0.15) is 11.3 Å². The molecule has 0 bridgehead atoms. The Morgan fingerprint density at radius 3 is 2.39 bits per heavy atom. The molecule has 0 aliphatic rings. The van der Waals surface area contributed by atoms with E-state index in [2.05, 4.69) is 4.98 Å². The predicted molar refractivity (Wildman–Crippen MR) is 99.1 cm³/mol. The minimum Gasteiger partial charge on any atom is -0.334 e. The number of fused-ring (bicyclic) bond motifs is 1. The lowest BCUT2D eigenvalue weighted by Gasteiger charge is -2.25. The summed E-state index contributed by atoms with van der Waals surface area (Å²) in [7, 11) is 4.32. The highest BCUT2D eigenvalue weighted by atomic mass is 19.2. The number of nitrogens with zero attached hydrogens (tertiary/aromatic N) is 4. The fraction of sp³-hybridized carbons (Fsp3) is 0.263. The quantitative estimate of drug-likeness (QED) is 0.685. The molecule has 0 radical (unpaired) electrons. The van der Waals surface area contributed by atoms with Crippen LogP contribution in [-0.2, 0) is 14.1 Å². The summed E-state index contributed by atoms with van der Waals surface area (Å²) in [4.78, 5) is 42.7. The minimum absolute atomic E-state index is 0.0210. The molecule has 7 nitrogen and oxygen atoms in total. The number of hydrogen-bond donors (Lipinski definition) is 0. The number of carbonyl (C=O) groups is 1. The molecule has 1 aromatic carbocycles. The first-order valence-corrected chi connectivity index (χ1v) is 8.42. The topological polar surface area (TPSA) is 77.2 Å². The third kappa shape index (κ3) is 3.08. The molecule has 9 heteroatoms. The molecule has 1 amide bonds. The zero-order valence-electron chi connectivity index (χ0n) is 15.7. The molecule has 2 heterocycles. The van der Waals surface area contributed by atoms with Crippen LogP contribution in [0.2, 0.25) is 0 Å². The second kappa shape index (κ2) is 6.99. The standard InChI is InChI=1S/C19H18F2N4O3/c1-10(11-5-7-13(20)14(21)9-11)23(2)18(27)15-8-6-12-16(22-15)24(3)19(28)25(4)17(12)26/h5-10H,1-4H3. The van der Waals surface area contributed by atoms with Crippen molar-refractivity contribution in [3.63, 3.8) is 0 Å². The van der Waals surface area contributed by atoms with Gasteiger partial charge in [-0.25, -0.2) is 18.6 Å². The minimum atomic E-state index is -1.00. The molecule has 146 valence electrons. The van der Waals surface area contributed by atoms with Crippen molar-refractivity contribution in [2.24, 2.45) is 14.1 Å². The SMILES string of the molecule is CC(c1ccc(F)c(F)c1)N(C)C(=O)c1ccc2c(=O)n(C)c(=O)n(C)c2n1. The Hall–Kier alpha value is -3.36. The molecule has 0 saturated carbocycles. The van der Waals surface area contributed by atoms with Crippen LogP contribution >= 0.6 is 0 Å². The summed E-state index contributed by atoms with van der Waals surface area (Å²) in [5, 5.41) is 0.206. The van der Waals surface area contributed by atoms with E-state index in [0.717, 1.165) is 16.7 Å². The highest BCUT2D eigenvalue weighted by molar-refractivity contribution is 5.94.